The van der Waals surface area contributed by atoms with Crippen molar-refractivity contribution < 1.29 is 24.9 Å². The molecule has 0 aromatic heterocycles. The van der Waals surface area contributed by atoms with Crippen molar-refractivity contribution in [3.8, 4) is 0 Å². The predicted molar refractivity (Wildman–Crippen MR) is 16.4 cm³/mol. The molecule has 4 heteroatoms. The molecule has 0 atom stereocenters. The first-order valence-electron chi connectivity index (χ1n) is 0.289. The summed E-state index contributed by atoms with van der Waals surface area (Å²) in [5, 5.41) is 0. The van der Waals surface area contributed by atoms with E-state index in [-0.39, 0.29) is 69.9 Å². The molecule has 0 radical (unpaired) electrons. The Labute approximate surface area is 87.9 Å². The summed E-state index contributed by atoms with van der Waals surface area (Å²) in [6.45, 7) is 0. The SMILES string of the molecule is [BaH2].[O]=[AlH].[Pt]. The van der Waals surface area contributed by atoms with Gasteiger partial charge in [-0.3, -0.25) is 0 Å². The molecule has 0 unspecified atom stereocenters. The summed E-state index contributed by atoms with van der Waals surface area (Å²) in [5.74, 6) is 0. The third kappa shape index (κ3) is 8.82. The number of hydrogen-bond acceptors (Lipinski definition) is 1. The fourth-order valence-electron chi connectivity index (χ4n) is 0. The second-order valence-corrected chi connectivity index (χ2v) is 0. The Balaban J connectivity index is -0.00000000500. The second kappa shape index (κ2) is 17.6. The zero-order chi connectivity index (χ0) is 2.00. The third-order valence-corrected chi connectivity index (χ3v) is 0. The molecule has 24 valence electrons. The Kier molecular flexibility index (Phi) is 70.1. The first kappa shape index (κ1) is 16.0. The van der Waals surface area contributed by atoms with Crippen LogP contribution < -0.4 is 0 Å². The van der Waals surface area contributed by atoms with Gasteiger partial charge in [-0.2, -0.15) is 0 Å². The van der Waals surface area contributed by atoms with Gasteiger partial charge in [-0.15, -0.1) is 0 Å². The summed E-state index contributed by atoms with van der Waals surface area (Å²) in [7, 11) is 0. The van der Waals surface area contributed by atoms with Crippen LogP contribution in [0.15, 0.2) is 0 Å². The Morgan fingerprint density at radius 1 is 1.25 bits per heavy atom. The van der Waals surface area contributed by atoms with Gasteiger partial charge in [0.25, 0.3) is 0 Å². The Bertz CT molecular complexity index is 8.00. The smallest absolute Gasteiger partial charge is 0 e. The van der Waals surface area contributed by atoms with E-state index in [9.17, 15) is 0 Å². The van der Waals surface area contributed by atoms with E-state index >= 15 is 0 Å². The first-order chi connectivity index (χ1) is 1.00. The van der Waals surface area contributed by atoms with Gasteiger partial charge in [0.15, 0.2) is 0 Å². The van der Waals surface area contributed by atoms with Crippen LogP contribution in [0.3, 0.4) is 0 Å². The standard InChI is InChI=1S/Al.Ba.O.Pt.3H. The average molecular weight is 378 g/mol. The molecule has 0 fully saturated rings. The number of hydrogen-bond donors (Lipinski definition) is 0. The van der Waals surface area contributed by atoms with E-state index in [0.29, 0.717) is 16.2 Å². The molecule has 0 aliphatic heterocycles. The van der Waals surface area contributed by atoms with E-state index < -0.39 is 0 Å². The monoisotopic (exact) mass is 379 g/mol. The second-order valence-electron chi connectivity index (χ2n) is 0. The van der Waals surface area contributed by atoms with Gasteiger partial charge < -0.3 is 0 Å². The molecule has 0 N–H and O–H groups in total. The van der Waals surface area contributed by atoms with Crippen LogP contribution in [0, 0.1) is 0 Å². The quantitative estimate of drug-likeness (QED) is 0.460. The van der Waals surface area contributed by atoms with Crippen LogP contribution in [0.1, 0.15) is 0 Å². The summed E-state index contributed by atoms with van der Waals surface area (Å²) in [6, 6.07) is 0. The first-order valence-corrected chi connectivity index (χ1v) is 0.866. The summed E-state index contributed by atoms with van der Waals surface area (Å²) in [6.07, 6.45) is 0. The molecule has 0 aliphatic carbocycles. The molecule has 0 amide bonds. The van der Waals surface area contributed by atoms with Crippen molar-refractivity contribution in [3.63, 3.8) is 0 Å². The van der Waals surface area contributed by atoms with Crippen molar-refractivity contribution in [2.75, 3.05) is 0 Å². The van der Waals surface area contributed by atoms with E-state index in [1.807, 2.05) is 0 Å². The summed E-state index contributed by atoms with van der Waals surface area (Å²) < 4.78 is 8.28. The van der Waals surface area contributed by atoms with Gasteiger partial charge in [0.2, 0.25) is 0 Å². The van der Waals surface area contributed by atoms with Crippen molar-refractivity contribution in [1.29, 1.82) is 0 Å². The minimum Gasteiger partial charge on any atom is 0 e. The normalized spacial score (nSPS) is 0.750. The molecule has 4 heavy (non-hydrogen) atoms. The van der Waals surface area contributed by atoms with Crippen LogP contribution in [0.2, 0.25) is 0 Å². The minimum atomic E-state index is 0. The molecule has 0 saturated heterocycles. The van der Waals surface area contributed by atoms with Crippen molar-refractivity contribution in [2.45, 2.75) is 0 Å². The van der Waals surface area contributed by atoms with Crippen molar-refractivity contribution in [3.05, 3.63) is 0 Å². The van der Waals surface area contributed by atoms with Crippen LogP contribution in [0.4, 0.5) is 0 Å². The van der Waals surface area contributed by atoms with Crippen molar-refractivity contribution in [2.24, 2.45) is 0 Å². The van der Waals surface area contributed by atoms with Gasteiger partial charge in [-0.1, -0.05) is 0 Å². The maximum absolute atomic E-state index is 8.28. The molecule has 0 aromatic carbocycles. The molecular formula is H3AlBaOPt. The molecule has 0 aliphatic rings. The number of rotatable bonds is 0. The van der Waals surface area contributed by atoms with E-state index in [1.54, 1.807) is 0 Å². The third-order valence-electron chi connectivity index (χ3n) is 0. The topological polar surface area (TPSA) is 17.1 Å². The average Bonchev–Trinajstić information content (AvgIpc) is 1.00. The van der Waals surface area contributed by atoms with E-state index in [2.05, 4.69) is 0 Å². The van der Waals surface area contributed by atoms with Crippen LogP contribution in [-0.4, -0.2) is 65.1 Å². The summed E-state index contributed by atoms with van der Waals surface area (Å²) in [4.78, 5) is 0. The van der Waals surface area contributed by atoms with Crippen molar-refractivity contribution >= 4 is 65.1 Å². The van der Waals surface area contributed by atoms with Gasteiger partial charge in [-0.25, -0.2) is 0 Å². The molecular weight excluding hydrogens is 375 g/mol. The van der Waals surface area contributed by atoms with E-state index in [0.717, 1.165) is 0 Å². The van der Waals surface area contributed by atoms with Crippen LogP contribution >= 0.6 is 0 Å². The molecule has 1 nitrogen and oxygen atoms in total. The van der Waals surface area contributed by atoms with Crippen LogP contribution in [0.5, 0.6) is 0 Å². The zero-order valence-corrected chi connectivity index (χ0v) is 5.12. The fraction of sp³-hybridized carbons (Fsp3) is 0. The van der Waals surface area contributed by atoms with Gasteiger partial charge in [-0.05, 0) is 0 Å². The minimum absolute atomic E-state index is 0. The van der Waals surface area contributed by atoms with Gasteiger partial charge >= 0.3 is 68.9 Å². The Morgan fingerprint density at radius 2 is 1.25 bits per heavy atom. The molecule has 0 heterocycles. The molecule has 0 bridgehead atoms. The molecule has 0 rings (SSSR count). The van der Waals surface area contributed by atoms with Gasteiger partial charge in [0.1, 0.15) is 0 Å². The van der Waals surface area contributed by atoms with E-state index in [4.69, 9.17) is 3.80 Å². The van der Waals surface area contributed by atoms with Crippen LogP contribution in [-0.2, 0) is 24.9 Å². The van der Waals surface area contributed by atoms with Crippen LogP contribution in [0.25, 0.3) is 0 Å². The van der Waals surface area contributed by atoms with Gasteiger partial charge in [0.05, 0.1) is 0 Å². The summed E-state index contributed by atoms with van der Waals surface area (Å²) >= 11 is 0.611. The van der Waals surface area contributed by atoms with Crippen molar-refractivity contribution in [1.82, 2.24) is 0 Å². The fourth-order valence-corrected chi connectivity index (χ4v) is 0. The maximum atomic E-state index is 8.28. The zero-order valence-electron chi connectivity index (χ0n) is 1.43. The molecule has 0 aromatic rings. The molecule has 0 spiro atoms. The maximum Gasteiger partial charge on any atom is 0 e. The Hall–Kier alpha value is 2.59. The molecule has 0 saturated carbocycles. The predicted octanol–water partition coefficient (Wildman–Crippen LogP) is -1.69. The van der Waals surface area contributed by atoms with E-state index in [1.165, 1.54) is 0 Å². The largest absolute Gasteiger partial charge is 0 e. The summed E-state index contributed by atoms with van der Waals surface area (Å²) in [5.41, 5.74) is 0. The Morgan fingerprint density at radius 3 is 1.25 bits per heavy atom. The van der Waals surface area contributed by atoms with Gasteiger partial charge in [0, 0.05) is 21.1 Å².